The molecule has 0 bridgehead atoms. The Morgan fingerprint density at radius 2 is 2.00 bits per heavy atom. The molecule has 0 fully saturated rings. The average molecular weight is 395 g/mol. The van der Waals surface area contributed by atoms with Crippen LogP contribution in [0.3, 0.4) is 0 Å². The molecule has 1 heterocycles. The van der Waals surface area contributed by atoms with E-state index in [2.05, 4.69) is 10.9 Å². The monoisotopic (exact) mass is 394 g/mol. The first-order valence-electron chi connectivity index (χ1n) is 7.85. The third-order valence-corrected chi connectivity index (χ3v) is 4.47. The Morgan fingerprint density at radius 1 is 1.19 bits per heavy atom. The number of hydrogen-bond acceptors (Lipinski definition) is 4. The zero-order valence-electron chi connectivity index (χ0n) is 13.8. The van der Waals surface area contributed by atoms with Crippen molar-refractivity contribution < 1.29 is 19.1 Å². The van der Waals surface area contributed by atoms with Crippen LogP contribution in [0.4, 0.5) is 0 Å². The zero-order chi connectivity index (χ0) is 18.7. The molecule has 0 radical (unpaired) electrons. The summed E-state index contributed by atoms with van der Waals surface area (Å²) in [6, 6.07) is 10.2. The van der Waals surface area contributed by atoms with Crippen molar-refractivity contribution in [1.29, 1.82) is 0 Å². The lowest BCUT2D eigenvalue weighted by Crippen LogP contribution is -2.49. The predicted molar refractivity (Wildman–Crippen MR) is 97.5 cm³/mol. The van der Waals surface area contributed by atoms with Crippen LogP contribution in [0.1, 0.15) is 11.1 Å². The quantitative estimate of drug-likeness (QED) is 0.781. The molecule has 136 valence electrons. The average Bonchev–Trinajstić information content (AvgIpc) is 3.03. The van der Waals surface area contributed by atoms with Gasteiger partial charge in [0.2, 0.25) is 0 Å². The van der Waals surface area contributed by atoms with Gasteiger partial charge in [-0.2, -0.15) is 0 Å². The summed E-state index contributed by atoms with van der Waals surface area (Å²) in [7, 11) is 0. The number of ether oxygens (including phenoxy) is 2. The molecule has 0 saturated heterocycles. The Balaban J connectivity index is 1.44. The van der Waals surface area contributed by atoms with Crippen molar-refractivity contribution in [2.75, 3.05) is 6.61 Å². The zero-order valence-corrected chi connectivity index (χ0v) is 15.4. The number of hydrogen-bond donors (Lipinski definition) is 2. The molecule has 1 aliphatic heterocycles. The lowest BCUT2D eigenvalue weighted by atomic mass is 10.1. The number of halogens is 2. The Hall–Kier alpha value is -2.44. The van der Waals surface area contributed by atoms with Crippen molar-refractivity contribution >= 4 is 35.0 Å². The number of rotatable bonds is 4. The van der Waals surface area contributed by atoms with E-state index in [1.54, 1.807) is 36.4 Å². The molecular formula is C18H16Cl2N2O4. The lowest BCUT2D eigenvalue weighted by Gasteiger charge is -2.12. The second kappa shape index (κ2) is 7.85. The molecule has 2 N–H and O–H groups in total. The van der Waals surface area contributed by atoms with Gasteiger partial charge in [-0.05, 0) is 54.4 Å². The summed E-state index contributed by atoms with van der Waals surface area (Å²) in [6.45, 7) is 1.59. The second-order valence-corrected chi connectivity index (χ2v) is 6.64. The molecule has 1 atom stereocenters. The number of benzene rings is 2. The van der Waals surface area contributed by atoms with Crippen LogP contribution in [-0.2, 0) is 16.0 Å². The molecule has 1 unspecified atom stereocenters. The third-order valence-electron chi connectivity index (χ3n) is 3.81. The molecule has 8 heteroatoms. The van der Waals surface area contributed by atoms with Crippen molar-refractivity contribution in [2.24, 2.45) is 0 Å². The Labute approximate surface area is 160 Å². The van der Waals surface area contributed by atoms with E-state index in [0.717, 1.165) is 11.1 Å². The van der Waals surface area contributed by atoms with E-state index < -0.39 is 17.9 Å². The summed E-state index contributed by atoms with van der Waals surface area (Å²) in [5, 5.41) is 1.20. The topological polar surface area (TPSA) is 76.7 Å². The number of carbonyl (C=O) groups excluding carboxylic acids is 2. The lowest BCUT2D eigenvalue weighted by molar-refractivity contribution is -0.133. The summed E-state index contributed by atoms with van der Waals surface area (Å²) in [5.41, 5.74) is 6.33. The highest BCUT2D eigenvalue weighted by Crippen LogP contribution is 2.31. The van der Waals surface area contributed by atoms with E-state index in [-0.39, 0.29) is 6.61 Å². The van der Waals surface area contributed by atoms with Gasteiger partial charge in [-0.1, -0.05) is 23.2 Å². The predicted octanol–water partition coefficient (Wildman–Crippen LogP) is 2.83. The number of nitrogens with one attached hydrogen (secondary N) is 2. The second-order valence-electron chi connectivity index (χ2n) is 5.80. The van der Waals surface area contributed by atoms with Crippen LogP contribution in [0, 0.1) is 6.92 Å². The van der Waals surface area contributed by atoms with Crippen LogP contribution in [0.15, 0.2) is 36.4 Å². The van der Waals surface area contributed by atoms with Crippen LogP contribution in [0.5, 0.6) is 11.5 Å². The number of aryl methyl sites for hydroxylation is 1. The number of fused-ring (bicyclic) bond motifs is 1. The van der Waals surface area contributed by atoms with E-state index in [9.17, 15) is 9.59 Å². The highest BCUT2D eigenvalue weighted by atomic mass is 35.5. The van der Waals surface area contributed by atoms with Crippen LogP contribution in [-0.4, -0.2) is 24.5 Å². The SMILES string of the molecule is Cc1cc(OCC(=O)NNC(=O)C2Cc3cc(Cl)ccc3O2)ccc1Cl. The van der Waals surface area contributed by atoms with Gasteiger partial charge in [0.1, 0.15) is 11.5 Å². The molecule has 3 rings (SSSR count). The fourth-order valence-corrected chi connectivity index (χ4v) is 2.78. The molecule has 26 heavy (non-hydrogen) atoms. The number of amides is 2. The van der Waals surface area contributed by atoms with Crippen LogP contribution in [0.2, 0.25) is 10.0 Å². The highest BCUT2D eigenvalue weighted by Gasteiger charge is 2.29. The third kappa shape index (κ3) is 4.39. The van der Waals surface area contributed by atoms with Crippen molar-refractivity contribution in [3.8, 4) is 11.5 Å². The van der Waals surface area contributed by atoms with Crippen LogP contribution in [0.25, 0.3) is 0 Å². The fourth-order valence-electron chi connectivity index (χ4n) is 2.47. The van der Waals surface area contributed by atoms with E-state index >= 15 is 0 Å². The minimum absolute atomic E-state index is 0.247. The molecular weight excluding hydrogens is 379 g/mol. The minimum Gasteiger partial charge on any atom is -0.484 e. The standard InChI is InChI=1S/C18H16Cl2N2O4/c1-10-6-13(3-4-14(10)20)25-9-17(23)21-22-18(24)16-8-11-7-12(19)2-5-15(11)26-16/h2-7,16H,8-9H2,1H3,(H,21,23)(H,22,24). The first kappa shape index (κ1) is 18.4. The smallest absolute Gasteiger partial charge is 0.279 e. The summed E-state index contributed by atoms with van der Waals surface area (Å²) in [5.74, 6) is 0.180. The molecule has 0 aliphatic carbocycles. The normalized spacial score (nSPS) is 15.0. The van der Waals surface area contributed by atoms with Crippen molar-refractivity contribution in [3.63, 3.8) is 0 Å². The highest BCUT2D eigenvalue weighted by molar-refractivity contribution is 6.31. The van der Waals surface area contributed by atoms with Gasteiger partial charge < -0.3 is 9.47 Å². The van der Waals surface area contributed by atoms with Gasteiger partial charge in [0.25, 0.3) is 11.8 Å². The first-order chi connectivity index (χ1) is 12.4. The van der Waals surface area contributed by atoms with Crippen molar-refractivity contribution in [1.82, 2.24) is 10.9 Å². The summed E-state index contributed by atoms with van der Waals surface area (Å²) >= 11 is 11.9. The maximum atomic E-state index is 12.1. The Bertz CT molecular complexity index is 857. The van der Waals surface area contributed by atoms with E-state index in [1.807, 2.05) is 6.92 Å². The minimum atomic E-state index is -0.719. The van der Waals surface area contributed by atoms with Gasteiger partial charge in [-0.15, -0.1) is 0 Å². The molecule has 2 amide bonds. The first-order valence-corrected chi connectivity index (χ1v) is 8.60. The van der Waals surface area contributed by atoms with E-state index in [4.69, 9.17) is 32.7 Å². The molecule has 6 nitrogen and oxygen atoms in total. The van der Waals surface area contributed by atoms with Crippen molar-refractivity contribution in [2.45, 2.75) is 19.4 Å². The fraction of sp³-hybridized carbons (Fsp3) is 0.222. The van der Waals surface area contributed by atoms with Crippen molar-refractivity contribution in [3.05, 3.63) is 57.6 Å². The van der Waals surface area contributed by atoms with Crippen LogP contribution >= 0.6 is 23.2 Å². The largest absolute Gasteiger partial charge is 0.484 e. The maximum Gasteiger partial charge on any atom is 0.279 e. The molecule has 0 spiro atoms. The van der Waals surface area contributed by atoms with E-state index in [0.29, 0.717) is 28.0 Å². The van der Waals surface area contributed by atoms with Gasteiger partial charge in [0.05, 0.1) is 0 Å². The van der Waals surface area contributed by atoms with Gasteiger partial charge in [-0.25, -0.2) is 0 Å². The Kier molecular flexibility index (Phi) is 5.54. The van der Waals surface area contributed by atoms with Crippen LogP contribution < -0.4 is 20.3 Å². The molecule has 2 aromatic rings. The van der Waals surface area contributed by atoms with Gasteiger partial charge >= 0.3 is 0 Å². The van der Waals surface area contributed by atoms with Gasteiger partial charge in [0, 0.05) is 16.5 Å². The number of carbonyl (C=O) groups is 2. The maximum absolute atomic E-state index is 12.1. The molecule has 1 aliphatic rings. The van der Waals surface area contributed by atoms with E-state index in [1.165, 1.54) is 0 Å². The molecule has 2 aromatic carbocycles. The summed E-state index contributed by atoms with van der Waals surface area (Å²) < 4.78 is 10.9. The van der Waals surface area contributed by atoms with Gasteiger partial charge in [0.15, 0.2) is 12.7 Å². The summed E-state index contributed by atoms with van der Waals surface area (Å²) in [4.78, 5) is 23.9. The summed E-state index contributed by atoms with van der Waals surface area (Å²) in [6.07, 6.45) is -0.332. The number of hydrazine groups is 1. The molecule has 0 aromatic heterocycles. The molecule has 0 saturated carbocycles. The van der Waals surface area contributed by atoms with Gasteiger partial charge in [-0.3, -0.25) is 20.4 Å². The Morgan fingerprint density at radius 3 is 2.77 bits per heavy atom.